The van der Waals surface area contributed by atoms with Crippen LogP contribution in [0.1, 0.15) is 12.8 Å². The number of carbonyl (C=O) groups excluding carboxylic acids is 1. The van der Waals surface area contributed by atoms with Crippen molar-refractivity contribution in [2.24, 2.45) is 0 Å². The molecule has 0 unspecified atom stereocenters. The van der Waals surface area contributed by atoms with Gasteiger partial charge in [0.15, 0.2) is 5.82 Å². The van der Waals surface area contributed by atoms with Gasteiger partial charge in [0.25, 0.3) is 0 Å². The first kappa shape index (κ1) is 28.3. The summed E-state index contributed by atoms with van der Waals surface area (Å²) in [7, 11) is 2.06. The molecule has 1 aromatic carbocycles. The molecule has 42 heavy (non-hydrogen) atoms. The Bertz CT molecular complexity index is 1720. The molecule has 3 aromatic heterocycles. The number of carbonyl (C=O) groups is 1. The zero-order chi connectivity index (χ0) is 29.4. The van der Waals surface area contributed by atoms with Gasteiger partial charge >= 0.3 is 6.01 Å². The van der Waals surface area contributed by atoms with Crippen molar-refractivity contribution in [2.75, 3.05) is 51.3 Å². The van der Waals surface area contributed by atoms with E-state index in [4.69, 9.17) is 27.9 Å². The molecule has 2 atom stereocenters. The van der Waals surface area contributed by atoms with E-state index in [0.29, 0.717) is 47.3 Å². The molecular formula is C30H29ClFN7O2S. The molecule has 5 heterocycles. The van der Waals surface area contributed by atoms with Crippen LogP contribution in [-0.4, -0.2) is 89.1 Å². The summed E-state index contributed by atoms with van der Waals surface area (Å²) in [4.78, 5) is 35.7. The molecule has 2 saturated heterocycles. The van der Waals surface area contributed by atoms with Gasteiger partial charge in [0, 0.05) is 42.1 Å². The van der Waals surface area contributed by atoms with E-state index < -0.39 is 5.82 Å². The third-order valence-electron chi connectivity index (χ3n) is 8.03. The Balaban J connectivity index is 1.44. The van der Waals surface area contributed by atoms with E-state index in [0.717, 1.165) is 29.5 Å². The first-order valence-electron chi connectivity index (χ1n) is 13.8. The number of hydrogen-bond acceptors (Lipinski definition) is 8. The van der Waals surface area contributed by atoms with Gasteiger partial charge in [-0.3, -0.25) is 9.78 Å². The highest BCUT2D eigenvalue weighted by Gasteiger charge is 2.34. The zero-order valence-corrected chi connectivity index (χ0v) is 24.7. The molecule has 12 heteroatoms. The van der Waals surface area contributed by atoms with Gasteiger partial charge in [0.05, 0.1) is 9.72 Å². The molecule has 0 N–H and O–H groups in total. The van der Waals surface area contributed by atoms with Gasteiger partial charge < -0.3 is 24.3 Å². The van der Waals surface area contributed by atoms with Gasteiger partial charge in [0.1, 0.15) is 29.7 Å². The highest BCUT2D eigenvalue weighted by molar-refractivity contribution is 7.23. The number of likely N-dealkylation sites (tertiary alicyclic amines) is 1. The molecule has 2 aliphatic rings. The summed E-state index contributed by atoms with van der Waals surface area (Å²) in [6, 6.07) is 7.40. The van der Waals surface area contributed by atoms with E-state index in [1.165, 1.54) is 17.4 Å². The van der Waals surface area contributed by atoms with Crippen molar-refractivity contribution in [3.05, 3.63) is 64.7 Å². The van der Waals surface area contributed by atoms with Gasteiger partial charge in [-0.05, 0) is 44.0 Å². The molecule has 2 aliphatic heterocycles. The summed E-state index contributed by atoms with van der Waals surface area (Å²) in [5.41, 5.74) is 0.906. The molecule has 0 spiro atoms. The summed E-state index contributed by atoms with van der Waals surface area (Å²) < 4.78 is 24.0. The van der Waals surface area contributed by atoms with Crippen LogP contribution in [0.3, 0.4) is 0 Å². The average Bonchev–Trinajstić information content (AvgIpc) is 3.59. The summed E-state index contributed by atoms with van der Waals surface area (Å²) >= 11 is 7.66. The second-order valence-electron chi connectivity index (χ2n) is 10.6. The van der Waals surface area contributed by atoms with Crippen molar-refractivity contribution in [1.29, 1.82) is 0 Å². The molecule has 216 valence electrons. The Morgan fingerprint density at radius 1 is 1.31 bits per heavy atom. The van der Waals surface area contributed by atoms with Crippen LogP contribution in [-0.2, 0) is 4.79 Å². The maximum Gasteiger partial charge on any atom is 0.319 e. The fourth-order valence-electron chi connectivity index (χ4n) is 5.81. The third-order valence-corrected chi connectivity index (χ3v) is 9.34. The Morgan fingerprint density at radius 2 is 2.17 bits per heavy atom. The monoisotopic (exact) mass is 605 g/mol. The van der Waals surface area contributed by atoms with Crippen LogP contribution < -0.4 is 9.64 Å². The molecule has 0 saturated carbocycles. The van der Waals surface area contributed by atoms with Gasteiger partial charge in [0.2, 0.25) is 12.5 Å². The van der Waals surface area contributed by atoms with E-state index in [2.05, 4.69) is 33.3 Å². The van der Waals surface area contributed by atoms with E-state index in [1.807, 2.05) is 29.2 Å². The van der Waals surface area contributed by atoms with Crippen molar-refractivity contribution >= 4 is 55.7 Å². The van der Waals surface area contributed by atoms with E-state index in [9.17, 15) is 4.79 Å². The number of pyridine rings is 1. The summed E-state index contributed by atoms with van der Waals surface area (Å²) in [5.74, 6) is -0.333. The number of fused-ring (bicyclic) bond motifs is 2. The molecule has 4 aromatic rings. The number of amides is 1. The SMILES string of the molecule is [C-]#[N+]C[C@H]1CN(c2nc(OC[C@@H]3CCCN3C)nc3c(F)c(-c4cccc5cc(Cl)sc45)ncc23)CCN1C(=O)C=C. The van der Waals surface area contributed by atoms with Crippen molar-refractivity contribution in [3.63, 3.8) is 0 Å². The number of thiophene rings is 1. The fraction of sp³-hybridized carbons (Fsp3) is 0.367. The molecule has 2 fully saturated rings. The maximum atomic E-state index is 16.5. The highest BCUT2D eigenvalue weighted by atomic mass is 35.5. The quantitative estimate of drug-likeness (QED) is 0.209. The van der Waals surface area contributed by atoms with Crippen LogP contribution >= 0.6 is 22.9 Å². The Morgan fingerprint density at radius 3 is 2.93 bits per heavy atom. The minimum absolute atomic E-state index is 0.0811. The average molecular weight is 606 g/mol. The highest BCUT2D eigenvalue weighted by Crippen LogP contribution is 2.39. The minimum atomic E-state index is -0.575. The second kappa shape index (κ2) is 11.8. The maximum absolute atomic E-state index is 16.5. The van der Waals surface area contributed by atoms with Crippen LogP contribution in [0.15, 0.2) is 43.1 Å². The first-order valence-corrected chi connectivity index (χ1v) is 15.0. The Kier molecular flexibility index (Phi) is 7.94. The Hall–Kier alpha value is -3.85. The van der Waals surface area contributed by atoms with Crippen LogP contribution in [0.2, 0.25) is 4.34 Å². The van der Waals surface area contributed by atoms with Crippen molar-refractivity contribution < 1.29 is 13.9 Å². The molecule has 0 bridgehead atoms. The lowest BCUT2D eigenvalue weighted by Crippen LogP contribution is -2.56. The first-order chi connectivity index (χ1) is 20.4. The largest absolute Gasteiger partial charge is 0.462 e. The standard InChI is InChI=1S/C30H29ClFN7O2S/c1-4-24(40)39-12-11-38(16-20(39)14-33-2)29-22-15-34-26(21-9-5-7-18-13-23(31)42-28(18)21)25(32)27(22)35-30(36-29)41-17-19-8-6-10-37(19)3/h4-5,7,9,13,15,19-20H,1,6,8,10-12,14,16-17H2,3H3/t19-,20-/m0/s1. The number of anilines is 1. The van der Waals surface area contributed by atoms with Gasteiger partial charge in [-0.2, -0.15) is 9.97 Å². The lowest BCUT2D eigenvalue weighted by atomic mass is 10.1. The molecule has 9 nitrogen and oxygen atoms in total. The van der Waals surface area contributed by atoms with E-state index in [-0.39, 0.29) is 41.8 Å². The number of rotatable bonds is 7. The van der Waals surface area contributed by atoms with Crippen molar-refractivity contribution in [2.45, 2.75) is 24.9 Å². The number of hydrogen-bond donors (Lipinski definition) is 0. The second-order valence-corrected chi connectivity index (χ2v) is 12.2. The topological polar surface area (TPSA) is 79.1 Å². The van der Waals surface area contributed by atoms with Gasteiger partial charge in [-0.25, -0.2) is 11.0 Å². The molecule has 0 radical (unpaired) electrons. The number of likely N-dealkylation sites (N-methyl/N-ethyl adjacent to an activating group) is 1. The number of benzene rings is 1. The molecule has 1 amide bonds. The predicted molar refractivity (Wildman–Crippen MR) is 164 cm³/mol. The van der Waals surface area contributed by atoms with Gasteiger partial charge in [-0.1, -0.05) is 36.4 Å². The molecule has 0 aliphatic carbocycles. The molecular weight excluding hydrogens is 577 g/mol. The number of aromatic nitrogens is 3. The fourth-order valence-corrected chi connectivity index (χ4v) is 7.06. The number of halogens is 2. The normalized spacial score (nSPS) is 19.4. The molecule has 6 rings (SSSR count). The number of nitrogens with zero attached hydrogens (tertiary/aromatic N) is 7. The van der Waals surface area contributed by atoms with Gasteiger partial charge in [-0.15, -0.1) is 11.3 Å². The van der Waals surface area contributed by atoms with Crippen molar-refractivity contribution in [1.82, 2.24) is 24.8 Å². The lowest BCUT2D eigenvalue weighted by molar-refractivity contribution is -0.128. The summed E-state index contributed by atoms with van der Waals surface area (Å²) in [6.45, 7) is 13.7. The lowest BCUT2D eigenvalue weighted by Gasteiger charge is -2.39. The predicted octanol–water partition coefficient (Wildman–Crippen LogP) is 5.29. The summed E-state index contributed by atoms with van der Waals surface area (Å²) in [6.07, 6.45) is 4.95. The van der Waals surface area contributed by atoms with Crippen molar-refractivity contribution in [3.8, 4) is 17.3 Å². The minimum Gasteiger partial charge on any atom is -0.462 e. The van der Waals surface area contributed by atoms with Crippen LogP contribution in [0.5, 0.6) is 6.01 Å². The Labute approximate surface area is 252 Å². The smallest absolute Gasteiger partial charge is 0.319 e. The van der Waals surface area contributed by atoms with Crippen LogP contribution in [0, 0.1) is 12.4 Å². The summed E-state index contributed by atoms with van der Waals surface area (Å²) in [5, 5.41) is 1.35. The van der Waals surface area contributed by atoms with E-state index in [1.54, 1.807) is 11.1 Å². The third kappa shape index (κ3) is 5.26. The van der Waals surface area contributed by atoms with Crippen LogP contribution in [0.25, 0.3) is 37.1 Å². The van der Waals surface area contributed by atoms with Crippen LogP contribution in [0.4, 0.5) is 10.2 Å². The number of ether oxygens (including phenoxy) is 1. The zero-order valence-electron chi connectivity index (χ0n) is 23.1. The van der Waals surface area contributed by atoms with E-state index >= 15 is 4.39 Å². The number of piperazine rings is 1.